The number of tetrazole rings is 1. The van der Waals surface area contributed by atoms with Gasteiger partial charge in [0.2, 0.25) is 5.91 Å². The summed E-state index contributed by atoms with van der Waals surface area (Å²) in [6, 6.07) is 15.8. The van der Waals surface area contributed by atoms with E-state index in [1.165, 1.54) is 16.6 Å². The van der Waals surface area contributed by atoms with Crippen LogP contribution in [0.25, 0.3) is 0 Å². The molecule has 3 aromatic rings. The number of carbonyl (C=O) groups excluding carboxylic acids is 1. The minimum absolute atomic E-state index is 0.0738. The Labute approximate surface area is 151 Å². The molecule has 0 bridgehead atoms. The lowest BCUT2D eigenvalue weighted by molar-refractivity contribution is -0.122. The van der Waals surface area contributed by atoms with Crippen LogP contribution in [-0.4, -0.2) is 32.7 Å². The van der Waals surface area contributed by atoms with E-state index in [1.54, 1.807) is 0 Å². The average molecular weight is 349 g/mol. The fourth-order valence-electron chi connectivity index (χ4n) is 3.17. The fourth-order valence-corrected chi connectivity index (χ4v) is 3.17. The van der Waals surface area contributed by atoms with Gasteiger partial charge in [-0.15, -0.1) is 5.10 Å². The lowest BCUT2D eigenvalue weighted by Gasteiger charge is -2.23. The number of carbonyl (C=O) groups is 1. The minimum atomic E-state index is -0.243. The summed E-state index contributed by atoms with van der Waals surface area (Å²) in [7, 11) is 0. The van der Waals surface area contributed by atoms with Gasteiger partial charge >= 0.3 is 0 Å². The van der Waals surface area contributed by atoms with Crippen molar-refractivity contribution >= 4 is 5.91 Å². The third-order valence-electron chi connectivity index (χ3n) is 4.40. The molecule has 1 aliphatic heterocycles. The van der Waals surface area contributed by atoms with E-state index in [2.05, 4.69) is 26.9 Å². The normalized spacial score (nSPS) is 14.2. The summed E-state index contributed by atoms with van der Waals surface area (Å²) < 4.78 is 7.10. The summed E-state index contributed by atoms with van der Waals surface area (Å²) in [5.74, 6) is 0.784. The Hall–Kier alpha value is -3.22. The second kappa shape index (κ2) is 7.35. The molecule has 132 valence electrons. The van der Waals surface area contributed by atoms with Crippen LogP contribution < -0.4 is 10.1 Å². The molecule has 0 radical (unpaired) electrons. The van der Waals surface area contributed by atoms with Crippen LogP contribution in [0.4, 0.5) is 0 Å². The van der Waals surface area contributed by atoms with Crippen LogP contribution >= 0.6 is 0 Å². The number of amides is 1. The predicted octanol–water partition coefficient (Wildman–Crippen LogP) is 1.90. The van der Waals surface area contributed by atoms with E-state index in [4.69, 9.17) is 4.74 Å². The molecule has 0 aliphatic carbocycles. The standard InChI is InChI=1S/C19H19N5O2/c25-18(12-24-13-20-22-23-24)21-19(14-5-2-1-3-6-14)16-8-9-17-15(11-16)7-4-10-26-17/h1-3,5-6,8-9,11,13,19H,4,7,10,12H2,(H,21,25)/t19-/m0/s1. The molecule has 1 aromatic heterocycles. The fraction of sp³-hybridized carbons (Fsp3) is 0.263. The highest BCUT2D eigenvalue weighted by molar-refractivity contribution is 5.76. The van der Waals surface area contributed by atoms with Gasteiger partial charge in [-0.25, -0.2) is 4.68 Å². The Morgan fingerprint density at radius 3 is 2.88 bits per heavy atom. The smallest absolute Gasteiger partial charge is 0.242 e. The highest BCUT2D eigenvalue weighted by atomic mass is 16.5. The van der Waals surface area contributed by atoms with Crippen molar-refractivity contribution in [1.29, 1.82) is 0 Å². The Morgan fingerprint density at radius 1 is 1.19 bits per heavy atom. The number of ether oxygens (including phenoxy) is 1. The number of aryl methyl sites for hydroxylation is 1. The first-order valence-corrected chi connectivity index (χ1v) is 8.60. The molecule has 1 amide bonds. The zero-order valence-corrected chi connectivity index (χ0v) is 14.2. The molecule has 0 unspecified atom stereocenters. The molecule has 7 nitrogen and oxygen atoms in total. The highest BCUT2D eigenvalue weighted by Gasteiger charge is 2.20. The third kappa shape index (κ3) is 3.56. The average Bonchev–Trinajstić information content (AvgIpc) is 3.19. The van der Waals surface area contributed by atoms with Gasteiger partial charge in [-0.1, -0.05) is 36.4 Å². The van der Waals surface area contributed by atoms with Crippen LogP contribution in [0.2, 0.25) is 0 Å². The van der Waals surface area contributed by atoms with Crippen molar-refractivity contribution in [2.75, 3.05) is 6.61 Å². The molecule has 26 heavy (non-hydrogen) atoms. The van der Waals surface area contributed by atoms with Crippen molar-refractivity contribution in [3.05, 3.63) is 71.5 Å². The number of rotatable bonds is 5. The molecule has 0 spiro atoms. The Balaban J connectivity index is 1.62. The maximum absolute atomic E-state index is 12.5. The van der Waals surface area contributed by atoms with E-state index in [9.17, 15) is 4.79 Å². The predicted molar refractivity (Wildman–Crippen MR) is 94.5 cm³/mol. The van der Waals surface area contributed by atoms with Crippen molar-refractivity contribution < 1.29 is 9.53 Å². The lowest BCUT2D eigenvalue weighted by Crippen LogP contribution is -2.32. The molecule has 0 saturated heterocycles. The van der Waals surface area contributed by atoms with Crippen molar-refractivity contribution in [2.24, 2.45) is 0 Å². The zero-order valence-electron chi connectivity index (χ0n) is 14.2. The van der Waals surface area contributed by atoms with Gasteiger partial charge in [-0.2, -0.15) is 0 Å². The van der Waals surface area contributed by atoms with Gasteiger partial charge in [0, 0.05) is 0 Å². The van der Waals surface area contributed by atoms with Crippen LogP contribution in [0.3, 0.4) is 0 Å². The third-order valence-corrected chi connectivity index (χ3v) is 4.40. The maximum Gasteiger partial charge on any atom is 0.242 e. The van der Waals surface area contributed by atoms with Crippen molar-refractivity contribution in [3.63, 3.8) is 0 Å². The Kier molecular flexibility index (Phi) is 4.59. The SMILES string of the molecule is O=C(Cn1cnnn1)N[C@@H](c1ccccc1)c1ccc2c(c1)CCCO2. The summed E-state index contributed by atoms with van der Waals surface area (Å²) >= 11 is 0. The molecule has 2 aromatic carbocycles. The summed E-state index contributed by atoms with van der Waals surface area (Å²) in [5, 5.41) is 14.0. The van der Waals surface area contributed by atoms with E-state index in [-0.39, 0.29) is 18.5 Å². The number of hydrogen-bond acceptors (Lipinski definition) is 5. The van der Waals surface area contributed by atoms with Crippen molar-refractivity contribution in [2.45, 2.75) is 25.4 Å². The largest absolute Gasteiger partial charge is 0.493 e. The first kappa shape index (κ1) is 16.3. The number of aromatic nitrogens is 4. The maximum atomic E-state index is 12.5. The second-order valence-corrected chi connectivity index (χ2v) is 6.24. The molecule has 4 rings (SSSR count). The quantitative estimate of drug-likeness (QED) is 0.761. The van der Waals surface area contributed by atoms with E-state index in [1.807, 2.05) is 42.5 Å². The van der Waals surface area contributed by atoms with Crippen LogP contribution in [0, 0.1) is 0 Å². The number of nitrogens with zero attached hydrogens (tertiary/aromatic N) is 4. The van der Waals surface area contributed by atoms with Gasteiger partial charge in [0.1, 0.15) is 18.6 Å². The van der Waals surface area contributed by atoms with Crippen molar-refractivity contribution in [3.8, 4) is 5.75 Å². The summed E-state index contributed by atoms with van der Waals surface area (Å²) in [6.07, 6.45) is 3.43. The lowest BCUT2D eigenvalue weighted by atomic mass is 9.95. The number of nitrogens with one attached hydrogen (secondary N) is 1. The van der Waals surface area contributed by atoms with E-state index < -0.39 is 0 Å². The molecule has 7 heteroatoms. The zero-order chi connectivity index (χ0) is 17.8. The Bertz CT molecular complexity index is 880. The molecule has 1 N–H and O–H groups in total. The molecule has 1 atom stereocenters. The first-order valence-electron chi connectivity index (χ1n) is 8.60. The Morgan fingerprint density at radius 2 is 2.08 bits per heavy atom. The van der Waals surface area contributed by atoms with E-state index in [0.29, 0.717) is 0 Å². The van der Waals surface area contributed by atoms with Gasteiger partial charge in [0.05, 0.1) is 12.6 Å². The van der Waals surface area contributed by atoms with Gasteiger partial charge in [0.15, 0.2) is 0 Å². The van der Waals surface area contributed by atoms with Gasteiger partial charge < -0.3 is 10.1 Å². The summed E-state index contributed by atoms with van der Waals surface area (Å²) in [4.78, 5) is 12.5. The molecular weight excluding hydrogens is 330 g/mol. The molecule has 0 saturated carbocycles. The number of hydrogen-bond donors (Lipinski definition) is 1. The first-order chi connectivity index (χ1) is 12.8. The van der Waals surface area contributed by atoms with Gasteiger partial charge in [-0.3, -0.25) is 4.79 Å². The minimum Gasteiger partial charge on any atom is -0.493 e. The van der Waals surface area contributed by atoms with Gasteiger partial charge in [0.25, 0.3) is 0 Å². The summed E-state index contributed by atoms with van der Waals surface area (Å²) in [6.45, 7) is 0.835. The van der Waals surface area contributed by atoms with Crippen LogP contribution in [0.15, 0.2) is 54.9 Å². The molecule has 0 fully saturated rings. The number of benzene rings is 2. The van der Waals surface area contributed by atoms with Crippen molar-refractivity contribution in [1.82, 2.24) is 25.5 Å². The van der Waals surface area contributed by atoms with Gasteiger partial charge in [-0.05, 0) is 52.1 Å². The van der Waals surface area contributed by atoms with E-state index in [0.717, 1.165) is 36.3 Å². The summed E-state index contributed by atoms with van der Waals surface area (Å²) in [5.41, 5.74) is 3.24. The molecular formula is C19H19N5O2. The molecule has 1 aliphatic rings. The van der Waals surface area contributed by atoms with E-state index >= 15 is 0 Å². The number of fused-ring (bicyclic) bond motifs is 1. The highest BCUT2D eigenvalue weighted by Crippen LogP contribution is 2.30. The van der Waals surface area contributed by atoms with Crippen LogP contribution in [0.5, 0.6) is 5.75 Å². The second-order valence-electron chi connectivity index (χ2n) is 6.24. The van der Waals surface area contributed by atoms with Crippen LogP contribution in [0.1, 0.15) is 29.2 Å². The topological polar surface area (TPSA) is 81.9 Å². The monoisotopic (exact) mass is 349 g/mol. The van der Waals surface area contributed by atoms with Crippen LogP contribution in [-0.2, 0) is 17.8 Å². The molecule has 2 heterocycles.